The van der Waals surface area contributed by atoms with Gasteiger partial charge in [0.2, 0.25) is 5.82 Å². The fourth-order valence-corrected chi connectivity index (χ4v) is 2.05. The molecule has 1 aromatic heterocycles. The van der Waals surface area contributed by atoms with E-state index in [1.165, 1.54) is 9.58 Å². The van der Waals surface area contributed by atoms with Crippen LogP contribution in [-0.4, -0.2) is 64.4 Å². The van der Waals surface area contributed by atoms with Gasteiger partial charge in [0, 0.05) is 19.6 Å². The zero-order chi connectivity index (χ0) is 16.2. The van der Waals surface area contributed by atoms with E-state index in [1.54, 1.807) is 6.92 Å². The van der Waals surface area contributed by atoms with Gasteiger partial charge in [-0.25, -0.2) is 4.68 Å². The average molecular weight is 299 g/mol. The summed E-state index contributed by atoms with van der Waals surface area (Å²) in [5, 5.41) is 24.5. The van der Waals surface area contributed by atoms with Crippen LogP contribution in [0.4, 0.5) is 11.5 Å². The van der Waals surface area contributed by atoms with Crippen LogP contribution in [0.5, 0.6) is 0 Å². The van der Waals surface area contributed by atoms with Crippen LogP contribution in [0.1, 0.15) is 12.6 Å². The highest BCUT2D eigenvalue weighted by Crippen LogP contribution is 2.31. The van der Waals surface area contributed by atoms with Crippen LogP contribution in [0.3, 0.4) is 0 Å². The second-order valence-electron chi connectivity index (χ2n) is 4.95. The molecule has 0 saturated carbocycles. The number of aliphatic carboxylic acids is 1. The lowest BCUT2D eigenvalue weighted by Gasteiger charge is -2.24. The molecule has 0 fully saturated rings. The summed E-state index contributed by atoms with van der Waals surface area (Å²) >= 11 is 0. The summed E-state index contributed by atoms with van der Waals surface area (Å²) in [4.78, 5) is 25.2. The van der Waals surface area contributed by atoms with Gasteiger partial charge in [0.25, 0.3) is 0 Å². The molecule has 0 unspecified atom stereocenters. The normalized spacial score (nSPS) is 10.9. The number of aryl methyl sites for hydroxylation is 2. The highest BCUT2D eigenvalue weighted by atomic mass is 16.6. The maximum absolute atomic E-state index is 11.3. The summed E-state index contributed by atoms with van der Waals surface area (Å²) in [6.45, 7) is 4.44. The lowest BCUT2D eigenvalue weighted by Crippen LogP contribution is -2.37. The maximum Gasteiger partial charge on any atom is 0.333 e. The molecule has 9 nitrogen and oxygen atoms in total. The smallest absolute Gasteiger partial charge is 0.333 e. The van der Waals surface area contributed by atoms with E-state index >= 15 is 0 Å². The molecule has 21 heavy (non-hydrogen) atoms. The van der Waals surface area contributed by atoms with E-state index < -0.39 is 10.9 Å². The zero-order valence-corrected chi connectivity index (χ0v) is 12.7. The second kappa shape index (κ2) is 7.02. The molecule has 0 radical (unpaired) electrons. The van der Waals surface area contributed by atoms with E-state index in [1.807, 2.05) is 25.9 Å². The molecule has 0 aliphatic carbocycles. The van der Waals surface area contributed by atoms with Crippen LogP contribution in [0.25, 0.3) is 0 Å². The van der Waals surface area contributed by atoms with E-state index in [4.69, 9.17) is 5.11 Å². The Balaban J connectivity index is 3.26. The number of aromatic nitrogens is 2. The Kier molecular flexibility index (Phi) is 5.65. The van der Waals surface area contributed by atoms with Gasteiger partial charge in [-0.3, -0.25) is 14.9 Å². The second-order valence-corrected chi connectivity index (χ2v) is 4.95. The molecular formula is C12H21N5O4. The first-order chi connectivity index (χ1) is 9.77. The van der Waals surface area contributed by atoms with Gasteiger partial charge in [-0.1, -0.05) is 0 Å². The summed E-state index contributed by atoms with van der Waals surface area (Å²) < 4.78 is 1.48. The monoisotopic (exact) mass is 299 g/mol. The minimum absolute atomic E-state index is 0.128. The van der Waals surface area contributed by atoms with Crippen molar-refractivity contribution in [2.45, 2.75) is 20.4 Å². The van der Waals surface area contributed by atoms with Gasteiger partial charge in [-0.05, 0) is 27.9 Å². The van der Waals surface area contributed by atoms with Gasteiger partial charge >= 0.3 is 11.7 Å². The van der Waals surface area contributed by atoms with Crippen molar-refractivity contribution in [3.05, 3.63) is 15.8 Å². The first-order valence-electron chi connectivity index (χ1n) is 6.61. The van der Waals surface area contributed by atoms with E-state index in [2.05, 4.69) is 5.10 Å². The first kappa shape index (κ1) is 16.9. The third-order valence-electron chi connectivity index (χ3n) is 2.99. The number of carbonyl (C=O) groups is 1. The van der Waals surface area contributed by atoms with Crippen LogP contribution in [0.2, 0.25) is 0 Å². The van der Waals surface area contributed by atoms with Gasteiger partial charge in [0.05, 0.1) is 4.92 Å². The molecule has 118 valence electrons. The molecule has 1 aromatic rings. The number of carboxylic acid groups (broad SMARTS) is 1. The van der Waals surface area contributed by atoms with Crippen molar-refractivity contribution in [2.24, 2.45) is 0 Å². The average Bonchev–Trinajstić information content (AvgIpc) is 2.70. The SMILES string of the molecule is CCn1nc(C)c([N+](=O)[O-])c1N(CCN(C)C)CC(=O)O. The van der Waals surface area contributed by atoms with E-state index in [0.29, 0.717) is 19.6 Å². The molecule has 0 atom stereocenters. The van der Waals surface area contributed by atoms with Crippen molar-refractivity contribution in [1.82, 2.24) is 14.7 Å². The minimum atomic E-state index is -1.04. The molecule has 0 bridgehead atoms. The van der Waals surface area contributed by atoms with Gasteiger partial charge in [0.15, 0.2) is 0 Å². The molecule has 0 aromatic carbocycles. The number of anilines is 1. The van der Waals surface area contributed by atoms with Crippen LogP contribution in [0.15, 0.2) is 0 Å². The minimum Gasteiger partial charge on any atom is -0.480 e. The van der Waals surface area contributed by atoms with Crippen molar-refractivity contribution in [2.75, 3.05) is 38.6 Å². The lowest BCUT2D eigenvalue weighted by molar-refractivity contribution is -0.384. The van der Waals surface area contributed by atoms with Gasteiger partial charge in [-0.2, -0.15) is 5.10 Å². The largest absolute Gasteiger partial charge is 0.480 e. The Hall–Kier alpha value is -2.16. The lowest BCUT2D eigenvalue weighted by atomic mass is 10.3. The van der Waals surface area contributed by atoms with Crippen LogP contribution in [0, 0.1) is 17.0 Å². The van der Waals surface area contributed by atoms with Crippen LogP contribution in [-0.2, 0) is 11.3 Å². The topological polar surface area (TPSA) is 105 Å². The van der Waals surface area contributed by atoms with Crippen molar-refractivity contribution in [3.63, 3.8) is 0 Å². The number of hydrogen-bond acceptors (Lipinski definition) is 6. The maximum atomic E-state index is 11.3. The number of hydrogen-bond donors (Lipinski definition) is 1. The summed E-state index contributed by atoms with van der Waals surface area (Å²) in [5.41, 5.74) is 0.161. The Bertz CT molecular complexity index is 526. The molecule has 0 aliphatic rings. The Labute approximate surface area is 122 Å². The van der Waals surface area contributed by atoms with Gasteiger partial charge in [0.1, 0.15) is 12.2 Å². The van der Waals surface area contributed by atoms with Gasteiger partial charge < -0.3 is 14.9 Å². The fourth-order valence-electron chi connectivity index (χ4n) is 2.05. The molecule has 1 heterocycles. The number of likely N-dealkylation sites (N-methyl/N-ethyl adjacent to an activating group) is 1. The predicted molar refractivity (Wildman–Crippen MR) is 77.7 cm³/mol. The van der Waals surface area contributed by atoms with Gasteiger partial charge in [-0.15, -0.1) is 0 Å². The molecule has 1 rings (SSSR count). The molecule has 0 spiro atoms. The molecule has 0 aliphatic heterocycles. The van der Waals surface area contributed by atoms with Crippen molar-refractivity contribution in [1.29, 1.82) is 0 Å². The fraction of sp³-hybridized carbons (Fsp3) is 0.667. The number of carboxylic acids is 1. The molecule has 9 heteroatoms. The molecule has 0 amide bonds. The zero-order valence-electron chi connectivity index (χ0n) is 12.7. The third-order valence-corrected chi connectivity index (χ3v) is 2.99. The number of nitrogens with zero attached hydrogens (tertiary/aromatic N) is 5. The molecule has 0 saturated heterocycles. The molecular weight excluding hydrogens is 278 g/mol. The summed E-state index contributed by atoms with van der Waals surface area (Å²) in [5.74, 6) is -0.784. The molecule has 1 N–H and O–H groups in total. The van der Waals surface area contributed by atoms with Crippen molar-refractivity contribution in [3.8, 4) is 0 Å². The standard InChI is InChI=1S/C12H21N5O4/c1-5-16-12(11(17(20)21)9(2)13-16)15(8-10(18)19)7-6-14(3)4/h5-8H2,1-4H3,(H,18,19). The Morgan fingerprint density at radius 3 is 2.48 bits per heavy atom. The van der Waals surface area contributed by atoms with Crippen LogP contribution >= 0.6 is 0 Å². The van der Waals surface area contributed by atoms with E-state index in [9.17, 15) is 14.9 Å². The first-order valence-corrected chi connectivity index (χ1v) is 6.61. The van der Waals surface area contributed by atoms with E-state index in [0.717, 1.165) is 0 Å². The number of nitro groups is 1. The summed E-state index contributed by atoms with van der Waals surface area (Å²) in [6, 6.07) is 0. The van der Waals surface area contributed by atoms with Crippen molar-refractivity contribution < 1.29 is 14.8 Å². The Morgan fingerprint density at radius 1 is 1.43 bits per heavy atom. The highest BCUT2D eigenvalue weighted by Gasteiger charge is 2.30. The highest BCUT2D eigenvalue weighted by molar-refractivity contribution is 5.75. The van der Waals surface area contributed by atoms with E-state index in [-0.39, 0.29) is 23.7 Å². The van der Waals surface area contributed by atoms with Crippen molar-refractivity contribution >= 4 is 17.5 Å². The van der Waals surface area contributed by atoms with Crippen LogP contribution < -0.4 is 4.90 Å². The predicted octanol–water partition coefficient (Wildman–Crippen LogP) is 0.572. The number of rotatable bonds is 8. The Morgan fingerprint density at radius 2 is 2.05 bits per heavy atom. The summed E-state index contributed by atoms with van der Waals surface area (Å²) in [6.07, 6.45) is 0. The quantitative estimate of drug-likeness (QED) is 0.552. The summed E-state index contributed by atoms with van der Waals surface area (Å²) in [7, 11) is 3.71. The third kappa shape index (κ3) is 4.15.